The molecule has 1 aromatic carbocycles. The first-order valence-electron chi connectivity index (χ1n) is 5.74. The van der Waals surface area contributed by atoms with Crippen molar-refractivity contribution in [3.05, 3.63) is 58.9 Å². The molecular formula is C14H17N3. The summed E-state index contributed by atoms with van der Waals surface area (Å²) in [5.41, 5.74) is 11.0. The Hall–Kier alpha value is -1.74. The van der Waals surface area contributed by atoms with E-state index in [4.69, 9.17) is 5.73 Å². The fourth-order valence-electron chi connectivity index (χ4n) is 2.08. The van der Waals surface area contributed by atoms with E-state index < -0.39 is 0 Å². The fourth-order valence-corrected chi connectivity index (χ4v) is 2.08. The van der Waals surface area contributed by atoms with Crippen LogP contribution in [0.3, 0.4) is 0 Å². The molecule has 3 heteroatoms. The van der Waals surface area contributed by atoms with Crippen molar-refractivity contribution in [3.8, 4) is 0 Å². The molecule has 0 bridgehead atoms. The average molecular weight is 227 g/mol. The van der Waals surface area contributed by atoms with Crippen LogP contribution in [0.2, 0.25) is 0 Å². The molecule has 1 atom stereocenters. The molecule has 0 saturated heterocycles. The maximum Gasteiger partial charge on any atom is 0.0544 e. The number of hydrogen-bond donors (Lipinski definition) is 1. The van der Waals surface area contributed by atoms with Gasteiger partial charge in [-0.1, -0.05) is 29.3 Å². The van der Waals surface area contributed by atoms with Crippen LogP contribution in [0.1, 0.15) is 28.3 Å². The molecule has 1 unspecified atom stereocenters. The number of aryl methyl sites for hydroxylation is 2. The van der Waals surface area contributed by atoms with Crippen LogP contribution in [0.5, 0.6) is 0 Å². The van der Waals surface area contributed by atoms with Gasteiger partial charge in [-0.2, -0.15) is 10.2 Å². The minimum Gasteiger partial charge on any atom is -0.324 e. The first-order valence-corrected chi connectivity index (χ1v) is 5.74. The number of hydrogen-bond acceptors (Lipinski definition) is 3. The summed E-state index contributed by atoms with van der Waals surface area (Å²) in [5.74, 6) is 0. The van der Waals surface area contributed by atoms with Crippen molar-refractivity contribution in [2.45, 2.75) is 26.3 Å². The van der Waals surface area contributed by atoms with E-state index >= 15 is 0 Å². The van der Waals surface area contributed by atoms with E-state index in [9.17, 15) is 0 Å². The van der Waals surface area contributed by atoms with Gasteiger partial charge in [-0.25, -0.2) is 0 Å². The molecule has 0 spiro atoms. The van der Waals surface area contributed by atoms with E-state index in [1.54, 1.807) is 12.4 Å². The summed E-state index contributed by atoms with van der Waals surface area (Å²) < 4.78 is 0. The molecule has 2 aromatic rings. The summed E-state index contributed by atoms with van der Waals surface area (Å²) in [6.45, 7) is 4.21. The number of nitrogens with two attached hydrogens (primary N) is 1. The molecule has 3 nitrogen and oxygen atoms in total. The highest BCUT2D eigenvalue weighted by Gasteiger charge is 2.07. The zero-order chi connectivity index (χ0) is 12.3. The van der Waals surface area contributed by atoms with Crippen molar-refractivity contribution in [3.63, 3.8) is 0 Å². The zero-order valence-electron chi connectivity index (χ0n) is 10.2. The lowest BCUT2D eigenvalue weighted by Gasteiger charge is -2.12. The molecule has 2 N–H and O–H groups in total. The predicted octanol–water partition coefficient (Wildman–Crippen LogP) is 2.34. The minimum absolute atomic E-state index is 0.0216. The molecular weight excluding hydrogens is 210 g/mol. The van der Waals surface area contributed by atoms with E-state index in [1.165, 1.54) is 16.7 Å². The van der Waals surface area contributed by atoms with Crippen molar-refractivity contribution >= 4 is 0 Å². The Morgan fingerprint density at radius 3 is 2.41 bits per heavy atom. The van der Waals surface area contributed by atoms with Gasteiger partial charge in [0.1, 0.15) is 0 Å². The lowest BCUT2D eigenvalue weighted by atomic mass is 9.98. The topological polar surface area (TPSA) is 51.8 Å². The highest BCUT2D eigenvalue weighted by atomic mass is 15.1. The van der Waals surface area contributed by atoms with Crippen molar-refractivity contribution in [1.29, 1.82) is 0 Å². The number of rotatable bonds is 3. The van der Waals surface area contributed by atoms with Crippen molar-refractivity contribution < 1.29 is 0 Å². The van der Waals surface area contributed by atoms with Crippen LogP contribution in [-0.2, 0) is 6.42 Å². The standard InChI is InChI=1S/C14H17N3/c1-10-5-11(2)7-12(6-10)8-14(15)13-3-4-16-17-9-13/h3-7,9,14H,8,15H2,1-2H3. The van der Waals surface area contributed by atoms with Gasteiger partial charge in [0.15, 0.2) is 0 Å². The van der Waals surface area contributed by atoms with Gasteiger partial charge in [0.05, 0.1) is 6.20 Å². The Bertz CT molecular complexity index is 474. The average Bonchev–Trinajstić information content (AvgIpc) is 2.28. The Morgan fingerprint density at radius 2 is 1.82 bits per heavy atom. The third-order valence-electron chi connectivity index (χ3n) is 2.77. The van der Waals surface area contributed by atoms with Crippen LogP contribution < -0.4 is 5.73 Å². The fraction of sp³-hybridized carbons (Fsp3) is 0.286. The van der Waals surface area contributed by atoms with Gasteiger partial charge in [-0.05, 0) is 37.5 Å². The predicted molar refractivity (Wildman–Crippen MR) is 68.6 cm³/mol. The molecule has 0 aliphatic rings. The summed E-state index contributed by atoms with van der Waals surface area (Å²) in [4.78, 5) is 0. The second kappa shape index (κ2) is 5.06. The number of nitrogens with zero attached hydrogens (tertiary/aromatic N) is 2. The second-order valence-corrected chi connectivity index (χ2v) is 4.48. The summed E-state index contributed by atoms with van der Waals surface area (Å²) in [6.07, 6.45) is 4.23. The maximum absolute atomic E-state index is 6.16. The van der Waals surface area contributed by atoms with Gasteiger partial charge in [0.2, 0.25) is 0 Å². The largest absolute Gasteiger partial charge is 0.324 e. The van der Waals surface area contributed by atoms with Gasteiger partial charge in [0, 0.05) is 12.2 Å². The van der Waals surface area contributed by atoms with E-state index in [-0.39, 0.29) is 6.04 Å². The molecule has 0 radical (unpaired) electrons. The van der Waals surface area contributed by atoms with E-state index in [2.05, 4.69) is 42.2 Å². The van der Waals surface area contributed by atoms with Gasteiger partial charge in [-0.3, -0.25) is 0 Å². The van der Waals surface area contributed by atoms with Gasteiger partial charge >= 0.3 is 0 Å². The molecule has 0 amide bonds. The van der Waals surface area contributed by atoms with Gasteiger partial charge in [-0.15, -0.1) is 0 Å². The van der Waals surface area contributed by atoms with Crippen LogP contribution in [0.25, 0.3) is 0 Å². The Morgan fingerprint density at radius 1 is 1.12 bits per heavy atom. The zero-order valence-corrected chi connectivity index (χ0v) is 10.2. The molecule has 1 heterocycles. The van der Waals surface area contributed by atoms with Crippen LogP contribution in [0.4, 0.5) is 0 Å². The number of aromatic nitrogens is 2. The van der Waals surface area contributed by atoms with Gasteiger partial charge in [0.25, 0.3) is 0 Å². The van der Waals surface area contributed by atoms with E-state index in [0.717, 1.165) is 12.0 Å². The first kappa shape index (κ1) is 11.7. The Kier molecular flexibility index (Phi) is 3.49. The summed E-state index contributed by atoms with van der Waals surface area (Å²) in [5, 5.41) is 7.61. The molecule has 17 heavy (non-hydrogen) atoms. The van der Waals surface area contributed by atoms with E-state index in [0.29, 0.717) is 0 Å². The quantitative estimate of drug-likeness (QED) is 0.875. The highest BCUT2D eigenvalue weighted by Crippen LogP contribution is 2.17. The normalized spacial score (nSPS) is 12.4. The van der Waals surface area contributed by atoms with Gasteiger partial charge < -0.3 is 5.73 Å². The highest BCUT2D eigenvalue weighted by molar-refractivity contribution is 5.30. The summed E-state index contributed by atoms with van der Waals surface area (Å²) in [6, 6.07) is 8.43. The Labute approximate surface area is 102 Å². The molecule has 2 rings (SSSR count). The van der Waals surface area contributed by atoms with E-state index in [1.807, 2.05) is 6.07 Å². The summed E-state index contributed by atoms with van der Waals surface area (Å²) in [7, 11) is 0. The maximum atomic E-state index is 6.16. The SMILES string of the molecule is Cc1cc(C)cc(CC(N)c2ccnnc2)c1. The molecule has 88 valence electrons. The lowest BCUT2D eigenvalue weighted by Crippen LogP contribution is -2.13. The molecule has 0 fully saturated rings. The lowest BCUT2D eigenvalue weighted by molar-refractivity contribution is 0.712. The third-order valence-corrected chi connectivity index (χ3v) is 2.77. The van der Waals surface area contributed by atoms with Crippen LogP contribution in [0.15, 0.2) is 36.7 Å². The monoisotopic (exact) mass is 227 g/mol. The molecule has 0 aliphatic heterocycles. The van der Waals surface area contributed by atoms with Crippen LogP contribution in [-0.4, -0.2) is 10.2 Å². The first-order chi connectivity index (χ1) is 8.15. The van der Waals surface area contributed by atoms with Crippen molar-refractivity contribution in [2.75, 3.05) is 0 Å². The number of benzene rings is 1. The minimum atomic E-state index is -0.0216. The van der Waals surface area contributed by atoms with Crippen molar-refractivity contribution in [1.82, 2.24) is 10.2 Å². The summed E-state index contributed by atoms with van der Waals surface area (Å²) >= 11 is 0. The molecule has 0 aliphatic carbocycles. The molecule has 0 saturated carbocycles. The second-order valence-electron chi connectivity index (χ2n) is 4.48. The Balaban J connectivity index is 2.16. The smallest absolute Gasteiger partial charge is 0.0544 e. The molecule has 1 aromatic heterocycles. The van der Waals surface area contributed by atoms with Crippen LogP contribution in [0, 0.1) is 13.8 Å². The van der Waals surface area contributed by atoms with Crippen LogP contribution >= 0.6 is 0 Å². The van der Waals surface area contributed by atoms with Crippen molar-refractivity contribution in [2.24, 2.45) is 5.73 Å². The third kappa shape index (κ3) is 3.11.